The monoisotopic (exact) mass is 520 g/mol. The molecule has 30 heavy (non-hydrogen) atoms. The SMILES string of the molecule is CN=C(NCc1ccc(Cn2ccccc2=O)cc1)NCc1ccc(F)c(C)c1.I. The van der Waals surface area contributed by atoms with E-state index in [1.54, 1.807) is 42.9 Å². The van der Waals surface area contributed by atoms with E-state index in [0.717, 1.165) is 16.7 Å². The number of aromatic nitrogens is 1. The van der Waals surface area contributed by atoms with Crippen molar-refractivity contribution >= 4 is 29.9 Å². The summed E-state index contributed by atoms with van der Waals surface area (Å²) in [5.74, 6) is 0.476. The summed E-state index contributed by atoms with van der Waals surface area (Å²) in [6.07, 6.45) is 1.79. The molecule has 0 aliphatic heterocycles. The van der Waals surface area contributed by atoms with Crippen LogP contribution < -0.4 is 16.2 Å². The van der Waals surface area contributed by atoms with Crippen molar-refractivity contribution in [1.29, 1.82) is 0 Å². The Kier molecular flexibility index (Phi) is 9.04. The molecule has 0 bridgehead atoms. The molecule has 0 amide bonds. The predicted octanol–water partition coefficient (Wildman–Crippen LogP) is 3.83. The van der Waals surface area contributed by atoms with E-state index >= 15 is 0 Å². The van der Waals surface area contributed by atoms with Crippen LogP contribution in [0.1, 0.15) is 22.3 Å². The highest BCUT2D eigenvalue weighted by Gasteiger charge is 2.03. The van der Waals surface area contributed by atoms with Crippen LogP contribution in [-0.2, 0) is 19.6 Å². The molecule has 0 spiro atoms. The molecule has 0 saturated carbocycles. The molecule has 0 aliphatic rings. The van der Waals surface area contributed by atoms with Crippen molar-refractivity contribution in [3.63, 3.8) is 0 Å². The van der Waals surface area contributed by atoms with Crippen LogP contribution >= 0.6 is 24.0 Å². The number of hydrogen-bond acceptors (Lipinski definition) is 2. The van der Waals surface area contributed by atoms with Gasteiger partial charge in [0.15, 0.2) is 5.96 Å². The van der Waals surface area contributed by atoms with Gasteiger partial charge in [0.2, 0.25) is 0 Å². The average Bonchev–Trinajstić information content (AvgIpc) is 2.73. The Balaban J connectivity index is 0.00000320. The molecule has 2 aromatic carbocycles. The lowest BCUT2D eigenvalue weighted by Crippen LogP contribution is -2.36. The summed E-state index contributed by atoms with van der Waals surface area (Å²) in [5, 5.41) is 6.50. The van der Waals surface area contributed by atoms with E-state index < -0.39 is 0 Å². The highest BCUT2D eigenvalue weighted by Crippen LogP contribution is 2.09. The Labute approximate surface area is 193 Å². The maximum Gasteiger partial charge on any atom is 0.250 e. The largest absolute Gasteiger partial charge is 0.352 e. The maximum atomic E-state index is 13.4. The van der Waals surface area contributed by atoms with E-state index in [1.807, 2.05) is 36.4 Å². The lowest BCUT2D eigenvalue weighted by Gasteiger charge is -2.13. The summed E-state index contributed by atoms with van der Waals surface area (Å²) < 4.78 is 15.0. The van der Waals surface area contributed by atoms with Gasteiger partial charge in [-0.2, -0.15) is 0 Å². The first-order valence-electron chi connectivity index (χ1n) is 9.48. The van der Waals surface area contributed by atoms with Gasteiger partial charge in [0.25, 0.3) is 5.56 Å². The van der Waals surface area contributed by atoms with E-state index in [4.69, 9.17) is 0 Å². The minimum Gasteiger partial charge on any atom is -0.352 e. The fourth-order valence-corrected chi connectivity index (χ4v) is 2.96. The van der Waals surface area contributed by atoms with E-state index in [-0.39, 0.29) is 35.4 Å². The van der Waals surface area contributed by atoms with Crippen LogP contribution in [0.4, 0.5) is 4.39 Å². The van der Waals surface area contributed by atoms with Crippen molar-refractivity contribution in [2.75, 3.05) is 7.05 Å². The molecule has 1 aromatic heterocycles. The fourth-order valence-electron chi connectivity index (χ4n) is 2.96. The zero-order valence-electron chi connectivity index (χ0n) is 17.1. The van der Waals surface area contributed by atoms with Crippen LogP contribution in [0.15, 0.2) is 76.6 Å². The third-order valence-electron chi connectivity index (χ3n) is 4.64. The molecule has 0 atom stereocenters. The summed E-state index contributed by atoms with van der Waals surface area (Å²) >= 11 is 0. The number of benzene rings is 2. The van der Waals surface area contributed by atoms with Crippen LogP contribution in [-0.4, -0.2) is 17.6 Å². The van der Waals surface area contributed by atoms with E-state index in [2.05, 4.69) is 15.6 Å². The first-order valence-corrected chi connectivity index (χ1v) is 9.48. The smallest absolute Gasteiger partial charge is 0.250 e. The number of pyridine rings is 1. The summed E-state index contributed by atoms with van der Waals surface area (Å²) in [7, 11) is 1.71. The third kappa shape index (κ3) is 6.69. The number of aliphatic imine (C=N–C) groups is 1. The van der Waals surface area contributed by atoms with Crippen molar-refractivity contribution in [2.45, 2.75) is 26.6 Å². The summed E-state index contributed by atoms with van der Waals surface area (Å²) in [6.45, 7) is 3.48. The number of aryl methyl sites for hydroxylation is 1. The van der Waals surface area contributed by atoms with Gasteiger partial charge in [0.1, 0.15) is 5.82 Å². The van der Waals surface area contributed by atoms with Gasteiger partial charge < -0.3 is 15.2 Å². The van der Waals surface area contributed by atoms with Crippen molar-refractivity contribution in [3.05, 3.63) is 105 Å². The van der Waals surface area contributed by atoms with Crippen LogP contribution in [0.5, 0.6) is 0 Å². The lowest BCUT2D eigenvalue weighted by molar-refractivity contribution is 0.617. The van der Waals surface area contributed by atoms with E-state index in [1.165, 1.54) is 6.07 Å². The number of nitrogens with one attached hydrogen (secondary N) is 2. The number of rotatable bonds is 6. The lowest BCUT2D eigenvalue weighted by atomic mass is 10.1. The molecule has 0 saturated heterocycles. The van der Waals surface area contributed by atoms with Crippen molar-refractivity contribution < 1.29 is 4.39 Å². The molecule has 1 heterocycles. The standard InChI is InChI=1S/C23H25FN4O.HI/c1-17-13-20(10-11-21(17)24)15-27-23(25-2)26-14-18-6-8-19(9-7-18)16-28-12-4-3-5-22(28)29;/h3-13H,14-16H2,1-2H3,(H2,25,26,27);1H. The first-order chi connectivity index (χ1) is 14.0. The summed E-state index contributed by atoms with van der Waals surface area (Å²) in [6, 6.07) is 18.3. The zero-order chi connectivity index (χ0) is 20.6. The summed E-state index contributed by atoms with van der Waals surface area (Å²) in [5.41, 5.74) is 3.79. The average molecular weight is 520 g/mol. The highest BCUT2D eigenvalue weighted by atomic mass is 127. The third-order valence-corrected chi connectivity index (χ3v) is 4.64. The number of guanidine groups is 1. The van der Waals surface area contributed by atoms with Gasteiger partial charge in [-0.15, -0.1) is 24.0 Å². The van der Waals surface area contributed by atoms with Gasteiger partial charge in [-0.25, -0.2) is 4.39 Å². The minimum absolute atomic E-state index is 0. The quantitative estimate of drug-likeness (QED) is 0.295. The van der Waals surface area contributed by atoms with E-state index in [9.17, 15) is 9.18 Å². The Morgan fingerprint density at radius 1 is 0.967 bits per heavy atom. The van der Waals surface area contributed by atoms with Gasteiger partial charge >= 0.3 is 0 Å². The maximum absolute atomic E-state index is 13.4. The van der Waals surface area contributed by atoms with Crippen LogP contribution in [0.2, 0.25) is 0 Å². The second-order valence-corrected chi connectivity index (χ2v) is 6.85. The molecule has 2 N–H and O–H groups in total. The second-order valence-electron chi connectivity index (χ2n) is 6.85. The Hall–Kier alpha value is -2.68. The minimum atomic E-state index is -0.197. The molecule has 158 valence electrons. The van der Waals surface area contributed by atoms with Crippen LogP contribution in [0.25, 0.3) is 0 Å². The number of halogens is 2. The summed E-state index contributed by atoms with van der Waals surface area (Å²) in [4.78, 5) is 16.0. The first kappa shape index (κ1) is 23.6. The topological polar surface area (TPSA) is 58.4 Å². The molecule has 0 fully saturated rings. The molecular weight excluding hydrogens is 494 g/mol. The second kappa shape index (κ2) is 11.5. The van der Waals surface area contributed by atoms with Gasteiger partial charge in [0, 0.05) is 32.4 Å². The number of hydrogen-bond donors (Lipinski definition) is 2. The normalized spacial score (nSPS) is 11.0. The molecule has 0 radical (unpaired) electrons. The Morgan fingerprint density at radius 2 is 1.60 bits per heavy atom. The Morgan fingerprint density at radius 3 is 2.23 bits per heavy atom. The molecular formula is C23H26FIN4O. The van der Waals surface area contributed by atoms with Gasteiger partial charge in [-0.05, 0) is 41.3 Å². The zero-order valence-corrected chi connectivity index (χ0v) is 19.4. The highest BCUT2D eigenvalue weighted by molar-refractivity contribution is 14.0. The van der Waals surface area contributed by atoms with Crippen LogP contribution in [0.3, 0.4) is 0 Å². The van der Waals surface area contributed by atoms with Crippen molar-refractivity contribution in [3.8, 4) is 0 Å². The van der Waals surface area contributed by atoms with Gasteiger partial charge in [-0.1, -0.05) is 42.5 Å². The molecule has 7 heteroatoms. The predicted molar refractivity (Wildman–Crippen MR) is 130 cm³/mol. The van der Waals surface area contributed by atoms with E-state index in [0.29, 0.717) is 31.2 Å². The molecule has 3 aromatic rings. The fraction of sp³-hybridized carbons (Fsp3) is 0.217. The molecule has 0 aliphatic carbocycles. The molecule has 3 rings (SSSR count). The Bertz CT molecular complexity index is 1050. The molecule has 0 unspecified atom stereocenters. The van der Waals surface area contributed by atoms with Crippen molar-refractivity contribution in [2.24, 2.45) is 4.99 Å². The van der Waals surface area contributed by atoms with Crippen LogP contribution in [0, 0.1) is 12.7 Å². The number of nitrogens with zero attached hydrogens (tertiary/aromatic N) is 2. The van der Waals surface area contributed by atoms with Gasteiger partial charge in [-0.3, -0.25) is 9.79 Å². The van der Waals surface area contributed by atoms with Crippen molar-refractivity contribution in [1.82, 2.24) is 15.2 Å². The van der Waals surface area contributed by atoms with Gasteiger partial charge in [0.05, 0.1) is 6.54 Å². The molecule has 5 nitrogen and oxygen atoms in total.